The minimum absolute atomic E-state index is 0.294. The second-order valence-electron chi connectivity index (χ2n) is 7.80. The molecular weight excluding hydrogens is 370 g/mol. The number of carbonyl (C=O) groups is 1. The van der Waals surface area contributed by atoms with Crippen molar-refractivity contribution in [3.63, 3.8) is 0 Å². The Labute approximate surface area is 182 Å². The lowest BCUT2D eigenvalue weighted by atomic mass is 10.00. The Hall–Kier alpha value is -2.39. The van der Waals surface area contributed by atoms with Crippen molar-refractivity contribution >= 4 is 5.97 Å². The highest BCUT2D eigenvalue weighted by atomic mass is 16.5. The molecule has 2 aromatic rings. The van der Waals surface area contributed by atoms with E-state index in [0.29, 0.717) is 25.1 Å². The van der Waals surface area contributed by atoms with Crippen molar-refractivity contribution in [1.29, 1.82) is 0 Å². The van der Waals surface area contributed by atoms with E-state index in [9.17, 15) is 4.79 Å². The van der Waals surface area contributed by atoms with Crippen molar-refractivity contribution in [2.24, 2.45) is 0 Å². The van der Waals surface area contributed by atoms with Gasteiger partial charge in [0.1, 0.15) is 0 Å². The van der Waals surface area contributed by atoms with E-state index in [1.807, 2.05) is 0 Å². The van der Waals surface area contributed by atoms with Gasteiger partial charge >= 0.3 is 5.97 Å². The molecule has 0 fully saturated rings. The summed E-state index contributed by atoms with van der Waals surface area (Å²) >= 11 is 0. The molecule has 0 spiro atoms. The van der Waals surface area contributed by atoms with Crippen LogP contribution in [0.3, 0.4) is 0 Å². The lowest BCUT2D eigenvalue weighted by Crippen LogP contribution is -2.28. The number of benzene rings is 2. The molecule has 0 saturated carbocycles. The number of unbranched alkanes of at least 4 members (excludes halogenated alkanes) is 2. The summed E-state index contributed by atoms with van der Waals surface area (Å²) in [5, 5.41) is 0. The standard InChI is InChI=1S/C27H37NO2/c1-5-8-9-10-23-11-15-25(16-12-23)26-17-13-24(14-18-26)19-20-30-27(29)22(4)21-28(6-2)7-3/h11-18H,4-10,19-21H2,1-3H3. The van der Waals surface area contributed by atoms with Crippen LogP contribution < -0.4 is 0 Å². The number of likely N-dealkylation sites (N-methyl/N-ethyl adjacent to an activating group) is 1. The molecule has 0 radical (unpaired) electrons. The van der Waals surface area contributed by atoms with E-state index < -0.39 is 0 Å². The van der Waals surface area contributed by atoms with Crippen molar-refractivity contribution in [2.75, 3.05) is 26.2 Å². The molecule has 0 aliphatic carbocycles. The van der Waals surface area contributed by atoms with E-state index in [0.717, 1.165) is 25.1 Å². The quantitative estimate of drug-likeness (QED) is 0.229. The molecular formula is C27H37NO2. The Balaban J connectivity index is 1.80. The molecule has 3 heteroatoms. The van der Waals surface area contributed by atoms with Gasteiger partial charge in [0.25, 0.3) is 0 Å². The summed E-state index contributed by atoms with van der Waals surface area (Å²) in [6.45, 7) is 13.0. The fraction of sp³-hybridized carbons (Fsp3) is 0.444. The first-order chi connectivity index (χ1) is 14.6. The number of aryl methyl sites for hydroxylation is 1. The van der Waals surface area contributed by atoms with Gasteiger partial charge in [0.2, 0.25) is 0 Å². The van der Waals surface area contributed by atoms with E-state index in [-0.39, 0.29) is 5.97 Å². The average molecular weight is 408 g/mol. The molecule has 0 atom stereocenters. The fourth-order valence-electron chi connectivity index (χ4n) is 3.45. The normalized spacial score (nSPS) is 10.9. The van der Waals surface area contributed by atoms with E-state index in [1.165, 1.54) is 36.0 Å². The Morgan fingerprint density at radius 2 is 1.37 bits per heavy atom. The third kappa shape index (κ3) is 7.79. The van der Waals surface area contributed by atoms with Gasteiger partial charge in [-0.25, -0.2) is 4.79 Å². The molecule has 0 bridgehead atoms. The molecule has 0 amide bonds. The molecule has 30 heavy (non-hydrogen) atoms. The van der Waals surface area contributed by atoms with E-state index in [4.69, 9.17) is 4.74 Å². The highest BCUT2D eigenvalue weighted by Gasteiger charge is 2.11. The van der Waals surface area contributed by atoms with Crippen LogP contribution in [0.25, 0.3) is 11.1 Å². The van der Waals surface area contributed by atoms with Crippen LogP contribution in [-0.2, 0) is 22.4 Å². The number of ether oxygens (including phenoxy) is 1. The zero-order valence-corrected chi connectivity index (χ0v) is 19.0. The first-order valence-corrected chi connectivity index (χ1v) is 11.3. The summed E-state index contributed by atoms with van der Waals surface area (Å²) in [5.41, 5.74) is 5.54. The van der Waals surface area contributed by atoms with Crippen LogP contribution in [0.5, 0.6) is 0 Å². The first kappa shape index (κ1) is 23.9. The van der Waals surface area contributed by atoms with Crippen LogP contribution in [-0.4, -0.2) is 37.1 Å². The number of hydrogen-bond donors (Lipinski definition) is 0. The summed E-state index contributed by atoms with van der Waals surface area (Å²) in [4.78, 5) is 14.3. The minimum atomic E-state index is -0.294. The number of hydrogen-bond acceptors (Lipinski definition) is 3. The number of rotatable bonds is 13. The average Bonchev–Trinajstić information content (AvgIpc) is 2.78. The van der Waals surface area contributed by atoms with Crippen molar-refractivity contribution < 1.29 is 9.53 Å². The van der Waals surface area contributed by atoms with Crippen LogP contribution in [0.4, 0.5) is 0 Å². The monoisotopic (exact) mass is 407 g/mol. The molecule has 0 unspecified atom stereocenters. The van der Waals surface area contributed by atoms with Crippen LogP contribution in [0.15, 0.2) is 60.7 Å². The van der Waals surface area contributed by atoms with Gasteiger partial charge in [-0.05, 0) is 48.2 Å². The van der Waals surface area contributed by atoms with Gasteiger partial charge in [0.15, 0.2) is 0 Å². The van der Waals surface area contributed by atoms with Crippen LogP contribution in [0, 0.1) is 0 Å². The van der Waals surface area contributed by atoms with Gasteiger partial charge in [-0.1, -0.05) is 88.7 Å². The highest BCUT2D eigenvalue weighted by molar-refractivity contribution is 5.88. The zero-order chi connectivity index (χ0) is 21.8. The van der Waals surface area contributed by atoms with Gasteiger partial charge in [0, 0.05) is 18.5 Å². The third-order valence-electron chi connectivity index (χ3n) is 5.53. The molecule has 0 aliphatic rings. The molecule has 0 aliphatic heterocycles. The molecule has 0 aromatic heterocycles. The SMILES string of the molecule is C=C(CN(CC)CC)C(=O)OCCc1ccc(-c2ccc(CCCCC)cc2)cc1. The van der Waals surface area contributed by atoms with E-state index >= 15 is 0 Å². The summed E-state index contributed by atoms with van der Waals surface area (Å²) in [6, 6.07) is 17.4. The summed E-state index contributed by atoms with van der Waals surface area (Å²) < 4.78 is 5.40. The second-order valence-corrected chi connectivity index (χ2v) is 7.80. The zero-order valence-electron chi connectivity index (χ0n) is 19.0. The van der Waals surface area contributed by atoms with Crippen molar-refractivity contribution in [3.05, 3.63) is 71.8 Å². The number of esters is 1. The van der Waals surface area contributed by atoms with Crippen LogP contribution >= 0.6 is 0 Å². The number of nitrogens with zero attached hydrogens (tertiary/aromatic N) is 1. The highest BCUT2D eigenvalue weighted by Crippen LogP contribution is 2.21. The van der Waals surface area contributed by atoms with Gasteiger partial charge < -0.3 is 4.74 Å². The summed E-state index contributed by atoms with van der Waals surface area (Å²) in [7, 11) is 0. The predicted octanol–water partition coefficient (Wildman–Crippen LogP) is 6.07. The van der Waals surface area contributed by atoms with Crippen LogP contribution in [0.1, 0.15) is 51.2 Å². The Morgan fingerprint density at radius 3 is 1.87 bits per heavy atom. The predicted molar refractivity (Wildman–Crippen MR) is 127 cm³/mol. The Morgan fingerprint density at radius 1 is 0.833 bits per heavy atom. The summed E-state index contributed by atoms with van der Waals surface area (Å²) in [6.07, 6.45) is 5.68. The summed E-state index contributed by atoms with van der Waals surface area (Å²) in [5.74, 6) is -0.294. The maximum Gasteiger partial charge on any atom is 0.334 e. The Bertz CT molecular complexity index is 774. The fourth-order valence-corrected chi connectivity index (χ4v) is 3.45. The first-order valence-electron chi connectivity index (χ1n) is 11.3. The smallest absolute Gasteiger partial charge is 0.334 e. The second kappa shape index (κ2) is 13.0. The van der Waals surface area contributed by atoms with Crippen LogP contribution in [0.2, 0.25) is 0 Å². The number of carbonyl (C=O) groups excluding carboxylic acids is 1. The van der Waals surface area contributed by atoms with E-state index in [2.05, 4.69) is 80.8 Å². The molecule has 0 heterocycles. The van der Waals surface area contributed by atoms with Gasteiger partial charge in [-0.15, -0.1) is 0 Å². The van der Waals surface area contributed by atoms with E-state index in [1.54, 1.807) is 0 Å². The van der Waals surface area contributed by atoms with Gasteiger partial charge in [-0.2, -0.15) is 0 Å². The van der Waals surface area contributed by atoms with Crippen molar-refractivity contribution in [3.8, 4) is 11.1 Å². The van der Waals surface area contributed by atoms with Crippen molar-refractivity contribution in [2.45, 2.75) is 52.9 Å². The molecule has 0 saturated heterocycles. The lowest BCUT2D eigenvalue weighted by molar-refractivity contribution is -0.139. The lowest BCUT2D eigenvalue weighted by Gasteiger charge is -2.18. The maximum absolute atomic E-state index is 12.1. The molecule has 3 nitrogen and oxygen atoms in total. The van der Waals surface area contributed by atoms with Gasteiger partial charge in [0.05, 0.1) is 6.61 Å². The molecule has 2 rings (SSSR count). The Kier molecular flexibility index (Phi) is 10.4. The largest absolute Gasteiger partial charge is 0.462 e. The maximum atomic E-state index is 12.1. The van der Waals surface area contributed by atoms with Gasteiger partial charge in [-0.3, -0.25) is 4.90 Å². The topological polar surface area (TPSA) is 29.5 Å². The van der Waals surface area contributed by atoms with Crippen molar-refractivity contribution in [1.82, 2.24) is 4.90 Å². The molecule has 0 N–H and O–H groups in total. The minimum Gasteiger partial charge on any atom is -0.462 e. The third-order valence-corrected chi connectivity index (χ3v) is 5.53. The molecule has 2 aromatic carbocycles. The molecule has 162 valence electrons.